The SMILES string of the molecule is Cc1ccc(S(=O)(=O)Nc2cc(F)c(F)cc2NS(=O)(=O)c2ccc(C)cc2)cc1. The predicted molar refractivity (Wildman–Crippen MR) is 110 cm³/mol. The summed E-state index contributed by atoms with van der Waals surface area (Å²) in [5.74, 6) is -2.68. The summed E-state index contributed by atoms with van der Waals surface area (Å²) in [5.41, 5.74) is 0.747. The van der Waals surface area contributed by atoms with E-state index in [1.54, 1.807) is 38.1 Å². The monoisotopic (exact) mass is 452 g/mol. The van der Waals surface area contributed by atoms with E-state index in [1.807, 2.05) is 0 Å². The van der Waals surface area contributed by atoms with Crippen LogP contribution in [0.5, 0.6) is 0 Å². The summed E-state index contributed by atoms with van der Waals surface area (Å²) in [6.45, 7) is 3.55. The van der Waals surface area contributed by atoms with Crippen LogP contribution in [-0.4, -0.2) is 16.8 Å². The zero-order valence-corrected chi connectivity index (χ0v) is 17.6. The van der Waals surface area contributed by atoms with Gasteiger partial charge in [0.1, 0.15) is 0 Å². The number of hydrogen-bond acceptors (Lipinski definition) is 4. The molecular weight excluding hydrogens is 434 g/mol. The summed E-state index contributed by atoms with van der Waals surface area (Å²) >= 11 is 0. The number of benzene rings is 3. The van der Waals surface area contributed by atoms with Crippen molar-refractivity contribution in [3.8, 4) is 0 Å². The quantitative estimate of drug-likeness (QED) is 0.587. The summed E-state index contributed by atoms with van der Waals surface area (Å²) in [6, 6.07) is 12.8. The number of aryl methyl sites for hydroxylation is 2. The van der Waals surface area contributed by atoms with E-state index in [9.17, 15) is 25.6 Å². The highest BCUT2D eigenvalue weighted by molar-refractivity contribution is 7.93. The Morgan fingerprint density at radius 3 is 1.20 bits per heavy atom. The van der Waals surface area contributed by atoms with Gasteiger partial charge in [0.15, 0.2) is 11.6 Å². The Balaban J connectivity index is 2.01. The Morgan fingerprint density at radius 1 is 0.600 bits per heavy atom. The first-order valence-corrected chi connectivity index (χ1v) is 11.6. The maximum Gasteiger partial charge on any atom is 0.261 e. The van der Waals surface area contributed by atoms with Crippen LogP contribution in [0.2, 0.25) is 0 Å². The van der Waals surface area contributed by atoms with Gasteiger partial charge in [-0.15, -0.1) is 0 Å². The Bertz CT molecular complexity index is 1190. The van der Waals surface area contributed by atoms with Crippen LogP contribution < -0.4 is 9.44 Å². The van der Waals surface area contributed by atoms with Gasteiger partial charge < -0.3 is 0 Å². The highest BCUT2D eigenvalue weighted by Crippen LogP contribution is 2.30. The van der Waals surface area contributed by atoms with Crippen molar-refractivity contribution in [2.24, 2.45) is 0 Å². The van der Waals surface area contributed by atoms with Crippen molar-refractivity contribution in [1.29, 1.82) is 0 Å². The van der Waals surface area contributed by atoms with E-state index in [0.29, 0.717) is 12.1 Å². The van der Waals surface area contributed by atoms with Crippen molar-refractivity contribution in [2.45, 2.75) is 23.6 Å². The van der Waals surface area contributed by atoms with E-state index in [-0.39, 0.29) is 9.79 Å². The molecule has 0 unspecified atom stereocenters. The molecule has 0 aliphatic carbocycles. The van der Waals surface area contributed by atoms with Crippen LogP contribution in [-0.2, 0) is 20.0 Å². The van der Waals surface area contributed by atoms with Gasteiger partial charge in [-0.3, -0.25) is 9.44 Å². The molecule has 6 nitrogen and oxygen atoms in total. The van der Waals surface area contributed by atoms with Crippen LogP contribution in [0.1, 0.15) is 11.1 Å². The van der Waals surface area contributed by atoms with Gasteiger partial charge in [-0.05, 0) is 38.1 Å². The summed E-state index contributed by atoms with van der Waals surface area (Å²) in [5, 5.41) is 0. The second kappa shape index (κ2) is 8.04. The molecule has 0 heterocycles. The zero-order chi connectivity index (χ0) is 22.1. The van der Waals surface area contributed by atoms with Crippen LogP contribution in [0.4, 0.5) is 20.2 Å². The Labute approximate surface area is 173 Å². The second-order valence-corrected chi connectivity index (χ2v) is 10.0. The van der Waals surface area contributed by atoms with E-state index in [2.05, 4.69) is 9.44 Å². The van der Waals surface area contributed by atoms with Gasteiger partial charge in [-0.1, -0.05) is 35.4 Å². The molecule has 2 N–H and O–H groups in total. The van der Waals surface area contributed by atoms with Crippen molar-refractivity contribution in [2.75, 3.05) is 9.44 Å². The van der Waals surface area contributed by atoms with E-state index in [1.165, 1.54) is 24.3 Å². The minimum absolute atomic E-state index is 0.120. The number of halogens is 2. The third-order valence-electron chi connectivity index (χ3n) is 4.21. The van der Waals surface area contributed by atoms with Crippen molar-refractivity contribution >= 4 is 31.4 Å². The molecule has 0 amide bonds. The van der Waals surface area contributed by atoms with E-state index in [4.69, 9.17) is 0 Å². The fourth-order valence-electron chi connectivity index (χ4n) is 2.56. The molecule has 158 valence electrons. The van der Waals surface area contributed by atoms with Crippen LogP contribution in [0.3, 0.4) is 0 Å². The fourth-order valence-corrected chi connectivity index (χ4v) is 4.70. The van der Waals surface area contributed by atoms with Crippen LogP contribution in [0.25, 0.3) is 0 Å². The first-order valence-electron chi connectivity index (χ1n) is 8.66. The van der Waals surface area contributed by atoms with Crippen molar-refractivity contribution in [1.82, 2.24) is 0 Å². The standard InChI is InChI=1S/C20H18F2N2O4S2/c1-13-3-7-15(8-4-13)29(25,26)23-19-11-17(21)18(22)12-20(19)24-30(27,28)16-9-5-14(2)6-10-16/h3-12,23-24H,1-2H3. The van der Waals surface area contributed by atoms with Gasteiger partial charge in [0, 0.05) is 12.1 Å². The number of anilines is 2. The smallest absolute Gasteiger partial charge is 0.261 e. The van der Waals surface area contributed by atoms with Crippen molar-refractivity contribution in [3.63, 3.8) is 0 Å². The molecule has 3 aromatic carbocycles. The average Bonchev–Trinajstić information content (AvgIpc) is 2.66. The Hall–Kier alpha value is -2.98. The van der Waals surface area contributed by atoms with Crippen LogP contribution in [0, 0.1) is 25.5 Å². The summed E-state index contributed by atoms with van der Waals surface area (Å²) in [4.78, 5) is -0.240. The molecule has 0 saturated carbocycles. The lowest BCUT2D eigenvalue weighted by Gasteiger charge is -2.15. The largest absolute Gasteiger partial charge is 0.277 e. The summed E-state index contributed by atoms with van der Waals surface area (Å²) < 4.78 is 82.4. The third kappa shape index (κ3) is 4.77. The van der Waals surface area contributed by atoms with Gasteiger partial charge in [0.2, 0.25) is 0 Å². The first-order chi connectivity index (χ1) is 14.0. The van der Waals surface area contributed by atoms with Crippen molar-refractivity contribution in [3.05, 3.63) is 83.4 Å². The van der Waals surface area contributed by atoms with Gasteiger partial charge >= 0.3 is 0 Å². The minimum Gasteiger partial charge on any atom is -0.277 e. The Kier molecular flexibility index (Phi) is 5.82. The number of nitrogens with one attached hydrogen (secondary N) is 2. The summed E-state index contributed by atoms with van der Waals surface area (Å²) in [6.07, 6.45) is 0. The molecule has 3 rings (SSSR count). The van der Waals surface area contributed by atoms with Crippen molar-refractivity contribution < 1.29 is 25.6 Å². The van der Waals surface area contributed by atoms with Gasteiger partial charge in [0.05, 0.1) is 21.2 Å². The topological polar surface area (TPSA) is 92.3 Å². The van der Waals surface area contributed by atoms with Gasteiger partial charge in [0.25, 0.3) is 20.0 Å². The average molecular weight is 453 g/mol. The normalized spacial score (nSPS) is 11.9. The maximum atomic E-state index is 13.8. The van der Waals surface area contributed by atoms with Crippen LogP contribution in [0.15, 0.2) is 70.5 Å². The molecule has 0 spiro atoms. The molecule has 30 heavy (non-hydrogen) atoms. The van der Waals surface area contributed by atoms with Crippen LogP contribution >= 0.6 is 0 Å². The number of sulfonamides is 2. The highest BCUT2D eigenvalue weighted by Gasteiger charge is 2.22. The second-order valence-electron chi connectivity index (χ2n) is 6.65. The Morgan fingerprint density at radius 2 is 0.900 bits per heavy atom. The number of hydrogen-bond donors (Lipinski definition) is 2. The third-order valence-corrected chi connectivity index (χ3v) is 6.97. The molecular formula is C20H18F2N2O4S2. The lowest BCUT2D eigenvalue weighted by molar-refractivity contribution is 0.509. The predicted octanol–water partition coefficient (Wildman–Crippen LogP) is 4.18. The molecule has 0 fully saturated rings. The molecule has 3 aromatic rings. The molecule has 0 aliphatic heterocycles. The molecule has 0 aliphatic rings. The lowest BCUT2D eigenvalue weighted by atomic mass is 10.2. The maximum absolute atomic E-state index is 13.8. The molecule has 0 saturated heterocycles. The minimum atomic E-state index is -4.18. The van der Waals surface area contributed by atoms with Gasteiger partial charge in [-0.2, -0.15) is 0 Å². The molecule has 0 radical (unpaired) electrons. The van der Waals surface area contributed by atoms with Gasteiger partial charge in [-0.25, -0.2) is 25.6 Å². The molecule has 10 heteroatoms. The van der Waals surface area contributed by atoms with E-state index >= 15 is 0 Å². The van der Waals surface area contributed by atoms with E-state index in [0.717, 1.165) is 11.1 Å². The molecule has 0 aromatic heterocycles. The first kappa shape index (κ1) is 21.7. The summed E-state index contributed by atoms with van der Waals surface area (Å²) in [7, 11) is -8.36. The number of rotatable bonds is 6. The lowest BCUT2D eigenvalue weighted by Crippen LogP contribution is -2.18. The van der Waals surface area contributed by atoms with E-state index < -0.39 is 43.1 Å². The highest BCUT2D eigenvalue weighted by atomic mass is 32.2. The molecule has 0 atom stereocenters. The molecule has 0 bridgehead atoms. The zero-order valence-electron chi connectivity index (χ0n) is 16.0. The fraction of sp³-hybridized carbons (Fsp3) is 0.100.